The van der Waals surface area contributed by atoms with Gasteiger partial charge in [0.25, 0.3) is 5.71 Å². The number of rotatable bonds is 6. The quantitative estimate of drug-likeness (QED) is 0.335. The first kappa shape index (κ1) is 26.0. The van der Waals surface area contributed by atoms with Crippen LogP contribution in [0, 0.1) is 18.8 Å². The van der Waals surface area contributed by atoms with Crippen molar-refractivity contribution in [1.29, 1.82) is 0 Å². The van der Waals surface area contributed by atoms with E-state index in [0.29, 0.717) is 0 Å². The van der Waals surface area contributed by atoms with Crippen LogP contribution < -0.4 is 5.32 Å². The van der Waals surface area contributed by atoms with E-state index in [4.69, 9.17) is 18.1 Å². The molecule has 39 heavy (non-hydrogen) atoms. The minimum absolute atomic E-state index is 0.00239. The van der Waals surface area contributed by atoms with Gasteiger partial charge in [-0.3, -0.25) is 10.1 Å². The van der Waals surface area contributed by atoms with Gasteiger partial charge in [0.1, 0.15) is 11.8 Å². The minimum Gasteiger partial charge on any atom is -0.480 e. The molecule has 1 amide bonds. The Kier molecular flexibility index (Phi) is 6.41. The number of benzene rings is 1. The highest BCUT2D eigenvalue weighted by molar-refractivity contribution is 7.88. The van der Waals surface area contributed by atoms with Crippen molar-refractivity contribution in [2.45, 2.75) is 25.4 Å². The highest BCUT2D eigenvalue weighted by Gasteiger charge is 2.57. The van der Waals surface area contributed by atoms with Crippen molar-refractivity contribution in [3.63, 3.8) is 0 Å². The third kappa shape index (κ3) is 4.97. The highest BCUT2D eigenvalue weighted by atomic mass is 32.2. The lowest BCUT2D eigenvalue weighted by molar-refractivity contribution is -0.149. The molecule has 1 aliphatic rings. The van der Waals surface area contributed by atoms with Gasteiger partial charge in [0.05, 0.1) is 12.5 Å². The fourth-order valence-electron chi connectivity index (χ4n) is 4.10. The molecule has 1 fully saturated rings. The minimum atomic E-state index is -3.55. The second-order valence-electron chi connectivity index (χ2n) is 9.07. The third-order valence-corrected chi connectivity index (χ3v) is 7.48. The number of furan rings is 1. The Bertz CT molecular complexity index is 1720. The molecule has 1 aliphatic heterocycles. The van der Waals surface area contributed by atoms with Crippen LogP contribution in [0.25, 0.3) is 11.3 Å². The molecule has 2 N–H and O–H groups in total. The van der Waals surface area contributed by atoms with E-state index in [0.717, 1.165) is 21.7 Å². The summed E-state index contributed by atoms with van der Waals surface area (Å²) in [7, 11) is -3.55. The maximum absolute atomic E-state index is 12.4. The lowest BCUT2D eigenvalue weighted by Crippen LogP contribution is -2.64. The number of fused-ring (bicyclic) bond motifs is 1. The molecule has 3 aromatic heterocycles. The van der Waals surface area contributed by atoms with E-state index in [-0.39, 0.29) is 47.5 Å². The standard InChI is InChI=1S/C25H22N4O9S/c1-14-6-4-5-7-17(14)15(2)35-24(32)27-18-11-26-38-19(18)9-8-16-10-20-21(36-16)28-22(37-20)25(23(30)31)12-29(13-25)39(3,33)34/h4-7,10-11,15H,12-13H2,1-3H3,(H,27,32)(H,30,31). The SMILES string of the molecule is Cc1ccccc1C(C)OC(=O)Nc1cnoc1C#Cc1cc2oc(C3(C(=O)O)CN(S(C)(=O)=O)C3)nc2o1. The Morgan fingerprint density at radius 2 is 1.97 bits per heavy atom. The molecule has 0 spiro atoms. The van der Waals surface area contributed by atoms with E-state index in [2.05, 4.69) is 27.3 Å². The Balaban J connectivity index is 1.28. The summed E-state index contributed by atoms with van der Waals surface area (Å²) in [5.41, 5.74) is 0.569. The van der Waals surface area contributed by atoms with Crippen LogP contribution in [0.3, 0.4) is 0 Å². The van der Waals surface area contributed by atoms with Gasteiger partial charge in [-0.25, -0.2) is 13.2 Å². The molecule has 14 heteroatoms. The number of anilines is 1. The number of aliphatic carboxylic acids is 1. The number of hydrogen-bond donors (Lipinski definition) is 2. The summed E-state index contributed by atoms with van der Waals surface area (Å²) in [5, 5.41) is 15.9. The average molecular weight is 555 g/mol. The first-order valence-corrected chi connectivity index (χ1v) is 13.4. The summed E-state index contributed by atoms with van der Waals surface area (Å²) in [4.78, 5) is 28.4. The van der Waals surface area contributed by atoms with E-state index in [1.165, 1.54) is 12.3 Å². The lowest BCUT2D eigenvalue weighted by atomic mass is 9.81. The van der Waals surface area contributed by atoms with Crippen LogP contribution in [-0.4, -0.2) is 59.4 Å². The van der Waals surface area contributed by atoms with Crippen molar-refractivity contribution in [1.82, 2.24) is 14.4 Å². The van der Waals surface area contributed by atoms with Crippen LogP contribution in [0.4, 0.5) is 10.5 Å². The van der Waals surface area contributed by atoms with Crippen LogP contribution in [0.1, 0.15) is 41.6 Å². The second-order valence-corrected chi connectivity index (χ2v) is 11.0. The average Bonchev–Trinajstić information content (AvgIpc) is 3.51. The van der Waals surface area contributed by atoms with Crippen LogP contribution in [-0.2, 0) is 25.0 Å². The summed E-state index contributed by atoms with van der Waals surface area (Å²) in [6.45, 7) is 3.08. The summed E-state index contributed by atoms with van der Waals surface area (Å²) in [6, 6.07) is 8.96. The molecule has 1 aromatic carbocycles. The molecule has 1 saturated heterocycles. The van der Waals surface area contributed by atoms with Crippen molar-refractivity contribution in [3.8, 4) is 11.8 Å². The Hall–Kier alpha value is -4.61. The summed E-state index contributed by atoms with van der Waals surface area (Å²) in [6.07, 6.45) is 1.05. The molecule has 0 radical (unpaired) electrons. The summed E-state index contributed by atoms with van der Waals surface area (Å²) < 4.78 is 46.1. The monoisotopic (exact) mass is 554 g/mol. The smallest absolute Gasteiger partial charge is 0.412 e. The van der Waals surface area contributed by atoms with Crippen LogP contribution in [0.5, 0.6) is 0 Å². The van der Waals surface area contributed by atoms with Crippen molar-refractivity contribution in [2.24, 2.45) is 0 Å². The van der Waals surface area contributed by atoms with Gasteiger partial charge in [0, 0.05) is 19.2 Å². The molecule has 4 aromatic rings. The topological polar surface area (TPSA) is 178 Å². The number of hydrogen-bond acceptors (Lipinski definition) is 10. The predicted molar refractivity (Wildman–Crippen MR) is 134 cm³/mol. The van der Waals surface area contributed by atoms with E-state index in [9.17, 15) is 23.1 Å². The summed E-state index contributed by atoms with van der Waals surface area (Å²) >= 11 is 0. The van der Waals surface area contributed by atoms with Crippen LogP contribution in [0.15, 0.2) is 49.9 Å². The second kappa shape index (κ2) is 9.61. The van der Waals surface area contributed by atoms with E-state index >= 15 is 0 Å². The third-order valence-electron chi connectivity index (χ3n) is 6.29. The molecular weight excluding hydrogens is 532 g/mol. The number of amides is 1. The van der Waals surface area contributed by atoms with Crippen LogP contribution >= 0.6 is 0 Å². The van der Waals surface area contributed by atoms with Crippen molar-refractivity contribution < 1.29 is 41.2 Å². The van der Waals surface area contributed by atoms with Gasteiger partial charge >= 0.3 is 12.1 Å². The maximum Gasteiger partial charge on any atom is 0.412 e. The van der Waals surface area contributed by atoms with Gasteiger partial charge in [-0.15, -0.1) is 0 Å². The number of ether oxygens (including phenoxy) is 1. The molecule has 1 atom stereocenters. The first-order valence-electron chi connectivity index (χ1n) is 11.6. The van der Waals surface area contributed by atoms with Gasteiger partial charge < -0.3 is 23.2 Å². The van der Waals surface area contributed by atoms with Crippen molar-refractivity contribution >= 4 is 39.1 Å². The molecule has 202 valence electrons. The lowest BCUT2D eigenvalue weighted by Gasteiger charge is -2.42. The molecule has 4 heterocycles. The number of aromatic nitrogens is 2. The molecule has 0 saturated carbocycles. The Labute approximate surface area is 221 Å². The molecule has 1 unspecified atom stereocenters. The van der Waals surface area contributed by atoms with E-state index in [1.54, 1.807) is 6.92 Å². The van der Waals surface area contributed by atoms with Gasteiger partial charge in [0.15, 0.2) is 16.8 Å². The number of oxazole rings is 1. The molecule has 13 nitrogen and oxygen atoms in total. The Morgan fingerprint density at radius 3 is 2.64 bits per heavy atom. The fraction of sp³-hybridized carbons (Fsp3) is 0.280. The maximum atomic E-state index is 12.4. The number of sulfonamides is 1. The zero-order valence-corrected chi connectivity index (χ0v) is 21.7. The van der Waals surface area contributed by atoms with Gasteiger partial charge in [0.2, 0.25) is 21.7 Å². The number of carbonyl (C=O) groups is 2. The van der Waals surface area contributed by atoms with Crippen LogP contribution in [0.2, 0.25) is 0 Å². The predicted octanol–water partition coefficient (Wildman–Crippen LogP) is 3.02. The number of nitrogens with one attached hydrogen (secondary N) is 1. The molecule has 5 rings (SSSR count). The molecule has 0 aliphatic carbocycles. The fourth-order valence-corrected chi connectivity index (χ4v) is 5.01. The number of carboxylic acids is 1. The van der Waals surface area contributed by atoms with Gasteiger partial charge in [-0.1, -0.05) is 29.4 Å². The van der Waals surface area contributed by atoms with E-state index in [1.807, 2.05) is 31.2 Å². The first-order chi connectivity index (χ1) is 18.5. The summed E-state index contributed by atoms with van der Waals surface area (Å²) in [5.74, 6) is 4.12. The largest absolute Gasteiger partial charge is 0.480 e. The number of carbonyl (C=O) groups excluding carboxylic acids is 1. The van der Waals surface area contributed by atoms with Crippen molar-refractivity contribution in [2.75, 3.05) is 24.7 Å². The normalized spacial score (nSPS) is 15.7. The van der Waals surface area contributed by atoms with Gasteiger partial charge in [-0.05, 0) is 36.8 Å². The number of nitrogens with zero attached hydrogens (tertiary/aromatic N) is 3. The molecular formula is C25H22N4O9S. The van der Waals surface area contributed by atoms with Crippen molar-refractivity contribution in [3.05, 3.63) is 65.1 Å². The zero-order valence-electron chi connectivity index (χ0n) is 20.9. The van der Waals surface area contributed by atoms with Gasteiger partial charge in [-0.2, -0.15) is 9.29 Å². The zero-order chi connectivity index (χ0) is 27.9. The molecule has 0 bridgehead atoms. The highest BCUT2D eigenvalue weighted by Crippen LogP contribution is 2.38. The van der Waals surface area contributed by atoms with E-state index < -0.39 is 33.6 Å². The Morgan fingerprint density at radius 1 is 1.23 bits per heavy atom. The number of aryl methyl sites for hydroxylation is 1. The number of carboxylic acid groups (broad SMARTS) is 1.